The molecule has 2 heterocycles. The van der Waals surface area contributed by atoms with Crippen molar-refractivity contribution in [1.82, 2.24) is 9.38 Å². The average molecular weight is 236 g/mol. The number of aromatic nitrogens is 2. The van der Waals surface area contributed by atoms with Crippen LogP contribution in [0.15, 0.2) is 17.8 Å². The number of nitrogens with zero attached hydrogens (tertiary/aromatic N) is 2. The van der Waals surface area contributed by atoms with E-state index in [0.717, 1.165) is 36.3 Å². The monoisotopic (exact) mass is 236 g/mol. The van der Waals surface area contributed by atoms with Crippen LogP contribution in [-0.4, -0.2) is 20.1 Å². The van der Waals surface area contributed by atoms with Gasteiger partial charge >= 0.3 is 0 Å². The van der Waals surface area contributed by atoms with Gasteiger partial charge in [-0.3, -0.25) is 4.40 Å². The van der Waals surface area contributed by atoms with Gasteiger partial charge in [-0.25, -0.2) is 4.98 Å². The first-order chi connectivity index (χ1) is 7.75. The summed E-state index contributed by atoms with van der Waals surface area (Å²) in [6, 6.07) is 0. The summed E-state index contributed by atoms with van der Waals surface area (Å²) >= 11 is 1.64. The molecule has 0 bridgehead atoms. The second kappa shape index (κ2) is 3.86. The lowest BCUT2D eigenvalue weighted by molar-refractivity contribution is 0.00377. The van der Waals surface area contributed by atoms with E-state index in [1.807, 2.05) is 22.2 Å². The molecule has 0 saturated heterocycles. The van der Waals surface area contributed by atoms with E-state index in [1.165, 1.54) is 6.42 Å². The summed E-state index contributed by atoms with van der Waals surface area (Å²) in [4.78, 5) is 5.56. The van der Waals surface area contributed by atoms with Gasteiger partial charge in [0.1, 0.15) is 0 Å². The van der Waals surface area contributed by atoms with E-state index in [9.17, 15) is 5.11 Å². The second-order valence-electron chi connectivity index (χ2n) is 4.79. The van der Waals surface area contributed by atoms with Crippen molar-refractivity contribution in [2.24, 2.45) is 0 Å². The smallest absolute Gasteiger partial charge is 0.193 e. The van der Waals surface area contributed by atoms with E-state index in [4.69, 9.17) is 0 Å². The Balaban J connectivity index is 1.80. The molecule has 0 spiro atoms. The fourth-order valence-electron chi connectivity index (χ4n) is 2.59. The van der Waals surface area contributed by atoms with Crippen LogP contribution in [0, 0.1) is 0 Å². The van der Waals surface area contributed by atoms with Crippen LogP contribution in [0.5, 0.6) is 0 Å². The number of imidazole rings is 1. The minimum Gasteiger partial charge on any atom is -0.389 e. The van der Waals surface area contributed by atoms with Crippen molar-refractivity contribution in [1.29, 1.82) is 0 Å². The van der Waals surface area contributed by atoms with Crippen molar-refractivity contribution in [2.45, 2.75) is 44.1 Å². The molecule has 0 radical (unpaired) electrons. The summed E-state index contributed by atoms with van der Waals surface area (Å²) in [5, 5.41) is 12.5. The third kappa shape index (κ3) is 1.87. The zero-order valence-electron chi connectivity index (χ0n) is 9.22. The summed E-state index contributed by atoms with van der Waals surface area (Å²) in [6.07, 6.45) is 10.2. The topological polar surface area (TPSA) is 37.5 Å². The highest BCUT2D eigenvalue weighted by Crippen LogP contribution is 2.31. The van der Waals surface area contributed by atoms with Crippen LogP contribution in [-0.2, 0) is 6.42 Å². The molecule has 1 saturated carbocycles. The van der Waals surface area contributed by atoms with Gasteiger partial charge in [0.2, 0.25) is 0 Å². The summed E-state index contributed by atoms with van der Waals surface area (Å²) in [5.74, 6) is 0. The number of hydrogen-bond donors (Lipinski definition) is 1. The van der Waals surface area contributed by atoms with Crippen LogP contribution in [0.1, 0.15) is 37.8 Å². The van der Waals surface area contributed by atoms with Crippen molar-refractivity contribution >= 4 is 16.3 Å². The van der Waals surface area contributed by atoms with Crippen LogP contribution in [0.25, 0.3) is 4.96 Å². The first-order valence-corrected chi connectivity index (χ1v) is 6.77. The lowest BCUT2D eigenvalue weighted by atomic mass is 9.82. The van der Waals surface area contributed by atoms with Gasteiger partial charge in [0.25, 0.3) is 0 Å². The third-order valence-electron chi connectivity index (χ3n) is 3.44. The number of thiazole rings is 1. The highest BCUT2D eigenvalue weighted by Gasteiger charge is 2.30. The summed E-state index contributed by atoms with van der Waals surface area (Å²) in [7, 11) is 0. The molecular formula is C12H16N2OS. The molecular weight excluding hydrogens is 220 g/mol. The Hall–Kier alpha value is -0.870. The fraction of sp³-hybridized carbons (Fsp3) is 0.583. The van der Waals surface area contributed by atoms with Gasteiger partial charge in [-0.15, -0.1) is 11.3 Å². The highest BCUT2D eigenvalue weighted by atomic mass is 32.1. The Labute approximate surface area is 98.8 Å². The van der Waals surface area contributed by atoms with E-state index < -0.39 is 5.60 Å². The van der Waals surface area contributed by atoms with E-state index in [1.54, 1.807) is 11.3 Å². The summed E-state index contributed by atoms with van der Waals surface area (Å²) in [5.41, 5.74) is 0.527. The molecule has 1 aliphatic carbocycles. The van der Waals surface area contributed by atoms with Gasteiger partial charge in [0.15, 0.2) is 4.96 Å². The molecule has 0 aliphatic heterocycles. The van der Waals surface area contributed by atoms with Gasteiger partial charge < -0.3 is 5.11 Å². The Bertz CT molecular complexity index is 453. The zero-order valence-corrected chi connectivity index (χ0v) is 10.0. The predicted octanol–water partition coefficient (Wildman–Crippen LogP) is 2.63. The van der Waals surface area contributed by atoms with E-state index in [0.29, 0.717) is 6.42 Å². The van der Waals surface area contributed by atoms with E-state index in [2.05, 4.69) is 4.98 Å². The van der Waals surface area contributed by atoms with Crippen LogP contribution in [0.4, 0.5) is 0 Å². The second-order valence-corrected chi connectivity index (χ2v) is 5.66. The van der Waals surface area contributed by atoms with Crippen molar-refractivity contribution in [2.75, 3.05) is 0 Å². The molecule has 86 valence electrons. The maximum absolute atomic E-state index is 10.4. The molecule has 0 atom stereocenters. The quantitative estimate of drug-likeness (QED) is 0.870. The van der Waals surface area contributed by atoms with Gasteiger partial charge in [0.05, 0.1) is 11.3 Å². The summed E-state index contributed by atoms with van der Waals surface area (Å²) < 4.78 is 2.03. The molecule has 1 fully saturated rings. The Kier molecular flexibility index (Phi) is 2.48. The Morgan fingerprint density at radius 3 is 2.94 bits per heavy atom. The first-order valence-electron chi connectivity index (χ1n) is 5.89. The molecule has 16 heavy (non-hydrogen) atoms. The van der Waals surface area contributed by atoms with Gasteiger partial charge in [-0.05, 0) is 12.8 Å². The minimum absolute atomic E-state index is 0.498. The van der Waals surface area contributed by atoms with Crippen molar-refractivity contribution in [3.63, 3.8) is 0 Å². The molecule has 2 aromatic rings. The Morgan fingerprint density at radius 1 is 1.38 bits per heavy atom. The van der Waals surface area contributed by atoms with Gasteiger partial charge in [0, 0.05) is 24.2 Å². The molecule has 3 rings (SSSR count). The van der Waals surface area contributed by atoms with Gasteiger partial charge in [-0.2, -0.15) is 0 Å². The largest absolute Gasteiger partial charge is 0.389 e. The highest BCUT2D eigenvalue weighted by molar-refractivity contribution is 7.15. The lowest BCUT2D eigenvalue weighted by Crippen LogP contribution is -2.33. The lowest BCUT2D eigenvalue weighted by Gasteiger charge is -2.31. The molecule has 1 N–H and O–H groups in total. The molecule has 0 amide bonds. The van der Waals surface area contributed by atoms with Gasteiger partial charge in [-0.1, -0.05) is 19.3 Å². The normalized spacial score (nSPS) is 20.3. The van der Waals surface area contributed by atoms with Crippen molar-refractivity contribution in [3.8, 4) is 0 Å². The van der Waals surface area contributed by atoms with Crippen molar-refractivity contribution < 1.29 is 5.11 Å². The number of hydrogen-bond acceptors (Lipinski definition) is 3. The molecule has 0 aromatic carbocycles. The van der Waals surface area contributed by atoms with Crippen LogP contribution in [0.3, 0.4) is 0 Å². The fourth-order valence-corrected chi connectivity index (χ4v) is 3.30. The van der Waals surface area contributed by atoms with Crippen molar-refractivity contribution in [3.05, 3.63) is 23.5 Å². The maximum Gasteiger partial charge on any atom is 0.193 e. The molecule has 2 aromatic heterocycles. The maximum atomic E-state index is 10.4. The number of fused-ring (bicyclic) bond motifs is 1. The van der Waals surface area contributed by atoms with Crippen LogP contribution < -0.4 is 0 Å². The first kappa shape index (κ1) is 10.3. The zero-order chi connectivity index (χ0) is 11.0. The standard InChI is InChI=1S/C12H16N2OS/c15-12(4-2-1-3-5-12)8-10-9-14-6-7-16-11(14)13-10/h6-7,9,15H,1-5,8H2. The SMILES string of the molecule is OC1(Cc2cn3ccsc3n2)CCCCC1. The molecule has 1 aliphatic rings. The minimum atomic E-state index is -0.498. The molecule has 4 heteroatoms. The average Bonchev–Trinajstić information content (AvgIpc) is 2.78. The number of rotatable bonds is 2. The summed E-state index contributed by atoms with van der Waals surface area (Å²) in [6.45, 7) is 0. The number of aliphatic hydroxyl groups is 1. The predicted molar refractivity (Wildman–Crippen MR) is 64.8 cm³/mol. The van der Waals surface area contributed by atoms with Crippen LogP contribution >= 0.6 is 11.3 Å². The molecule has 0 unspecified atom stereocenters. The Morgan fingerprint density at radius 2 is 2.19 bits per heavy atom. The van der Waals surface area contributed by atoms with Crippen LogP contribution in [0.2, 0.25) is 0 Å². The molecule has 3 nitrogen and oxygen atoms in total. The van der Waals surface area contributed by atoms with E-state index >= 15 is 0 Å². The van der Waals surface area contributed by atoms with E-state index in [-0.39, 0.29) is 0 Å². The third-order valence-corrected chi connectivity index (χ3v) is 4.21.